The first-order chi connectivity index (χ1) is 11.5. The highest BCUT2D eigenvalue weighted by atomic mass is 35.5. The lowest BCUT2D eigenvalue weighted by atomic mass is 10.1. The van der Waals surface area contributed by atoms with Crippen molar-refractivity contribution in [3.63, 3.8) is 0 Å². The SMILES string of the molecule is CCCCCCCCN(C)/C(N)=N\C(N)=NCc1ccc(Cl)cc1.Cl. The summed E-state index contributed by atoms with van der Waals surface area (Å²) in [6.45, 7) is 3.57. The second-order valence-electron chi connectivity index (χ2n) is 5.96. The zero-order chi connectivity index (χ0) is 17.8. The largest absolute Gasteiger partial charge is 0.369 e. The molecule has 0 atom stereocenters. The molecule has 0 radical (unpaired) electrons. The maximum Gasteiger partial charge on any atom is 0.218 e. The van der Waals surface area contributed by atoms with Gasteiger partial charge in [-0.25, -0.2) is 4.99 Å². The van der Waals surface area contributed by atoms with Crippen LogP contribution in [0, 0.1) is 0 Å². The molecule has 0 bridgehead atoms. The van der Waals surface area contributed by atoms with Gasteiger partial charge in [0.05, 0.1) is 6.54 Å². The molecule has 0 saturated heterocycles. The number of nitrogens with zero attached hydrogens (tertiary/aromatic N) is 3. The molecule has 0 saturated carbocycles. The van der Waals surface area contributed by atoms with E-state index in [-0.39, 0.29) is 18.4 Å². The maximum atomic E-state index is 5.97. The van der Waals surface area contributed by atoms with Crippen molar-refractivity contribution in [3.05, 3.63) is 34.9 Å². The lowest BCUT2D eigenvalue weighted by Crippen LogP contribution is -2.36. The normalized spacial score (nSPS) is 12.0. The summed E-state index contributed by atoms with van der Waals surface area (Å²) < 4.78 is 0. The van der Waals surface area contributed by atoms with Crippen LogP contribution >= 0.6 is 24.0 Å². The van der Waals surface area contributed by atoms with Gasteiger partial charge in [-0.05, 0) is 24.1 Å². The van der Waals surface area contributed by atoms with E-state index in [1.54, 1.807) is 0 Å². The van der Waals surface area contributed by atoms with E-state index in [4.69, 9.17) is 23.1 Å². The van der Waals surface area contributed by atoms with Crippen molar-refractivity contribution in [2.75, 3.05) is 13.6 Å². The number of unbranched alkanes of at least 4 members (excludes halogenated alkanes) is 5. The lowest BCUT2D eigenvalue weighted by molar-refractivity contribution is 0.462. The van der Waals surface area contributed by atoms with E-state index in [9.17, 15) is 0 Å². The van der Waals surface area contributed by atoms with Gasteiger partial charge in [0.2, 0.25) is 5.96 Å². The number of halogens is 2. The number of hydrogen-bond acceptors (Lipinski definition) is 1. The van der Waals surface area contributed by atoms with Crippen molar-refractivity contribution in [1.82, 2.24) is 4.90 Å². The number of hydrogen-bond donors (Lipinski definition) is 2. The van der Waals surface area contributed by atoms with E-state index < -0.39 is 0 Å². The fraction of sp³-hybridized carbons (Fsp3) is 0.556. The van der Waals surface area contributed by atoms with Gasteiger partial charge in [-0.1, -0.05) is 62.8 Å². The first-order valence-electron chi connectivity index (χ1n) is 8.62. The molecule has 142 valence electrons. The highest BCUT2D eigenvalue weighted by Gasteiger charge is 2.02. The topological polar surface area (TPSA) is 80.0 Å². The van der Waals surface area contributed by atoms with Crippen molar-refractivity contribution in [2.45, 2.75) is 52.0 Å². The van der Waals surface area contributed by atoms with Crippen molar-refractivity contribution in [1.29, 1.82) is 0 Å². The van der Waals surface area contributed by atoms with E-state index in [1.165, 1.54) is 32.1 Å². The molecule has 1 aromatic carbocycles. The van der Waals surface area contributed by atoms with Gasteiger partial charge in [0.25, 0.3) is 0 Å². The Morgan fingerprint density at radius 3 is 2.28 bits per heavy atom. The summed E-state index contributed by atoms with van der Waals surface area (Å²) in [5.41, 5.74) is 12.8. The van der Waals surface area contributed by atoms with Crippen LogP contribution in [0.5, 0.6) is 0 Å². The molecule has 4 N–H and O–H groups in total. The molecule has 0 aromatic heterocycles. The van der Waals surface area contributed by atoms with E-state index in [1.807, 2.05) is 36.2 Å². The zero-order valence-corrected chi connectivity index (χ0v) is 16.8. The Morgan fingerprint density at radius 1 is 1.04 bits per heavy atom. The van der Waals surface area contributed by atoms with Crippen LogP contribution in [0.2, 0.25) is 5.02 Å². The Labute approximate surface area is 162 Å². The standard InChI is InChI=1S/C18H30ClN5.ClH/c1-3-4-5-6-7-8-13-24(2)18(21)23-17(20)22-14-15-9-11-16(19)12-10-15;/h9-12H,3-8,13-14H2,1-2H3,(H4,20,21,22,23);1H. The second kappa shape index (κ2) is 13.8. The minimum atomic E-state index is 0. The third-order valence-electron chi connectivity index (χ3n) is 3.80. The lowest BCUT2D eigenvalue weighted by Gasteiger charge is -2.17. The Bertz CT molecular complexity index is 529. The van der Waals surface area contributed by atoms with Crippen LogP contribution < -0.4 is 11.5 Å². The molecular weight excluding hydrogens is 357 g/mol. The Kier molecular flexibility index (Phi) is 13.0. The minimum absolute atomic E-state index is 0. The van der Waals surface area contributed by atoms with Crippen LogP contribution in [0.3, 0.4) is 0 Å². The summed E-state index contributed by atoms with van der Waals surface area (Å²) in [4.78, 5) is 10.3. The Balaban J connectivity index is 0.00000576. The van der Waals surface area contributed by atoms with Crippen molar-refractivity contribution < 1.29 is 0 Å². The molecule has 0 heterocycles. The molecule has 0 fully saturated rings. The van der Waals surface area contributed by atoms with E-state index >= 15 is 0 Å². The fourth-order valence-electron chi connectivity index (χ4n) is 2.24. The van der Waals surface area contributed by atoms with Crippen LogP contribution in [-0.2, 0) is 6.54 Å². The predicted octanol–water partition coefficient (Wildman–Crippen LogP) is 4.18. The van der Waals surface area contributed by atoms with Gasteiger partial charge in [-0.3, -0.25) is 0 Å². The molecule has 0 spiro atoms. The maximum absolute atomic E-state index is 5.97. The van der Waals surface area contributed by atoms with E-state index in [0.717, 1.165) is 18.5 Å². The molecule has 0 amide bonds. The summed E-state index contributed by atoms with van der Waals surface area (Å²) in [5.74, 6) is 0.596. The van der Waals surface area contributed by atoms with Gasteiger partial charge in [0.15, 0.2) is 5.96 Å². The smallest absolute Gasteiger partial charge is 0.218 e. The molecule has 7 heteroatoms. The highest BCUT2D eigenvalue weighted by Crippen LogP contribution is 2.10. The second-order valence-corrected chi connectivity index (χ2v) is 6.40. The van der Waals surface area contributed by atoms with Gasteiger partial charge in [0, 0.05) is 18.6 Å². The molecule has 0 aliphatic rings. The average Bonchev–Trinajstić information content (AvgIpc) is 2.57. The van der Waals surface area contributed by atoms with Crippen molar-refractivity contribution in [3.8, 4) is 0 Å². The van der Waals surface area contributed by atoms with Gasteiger partial charge < -0.3 is 16.4 Å². The third-order valence-corrected chi connectivity index (χ3v) is 4.06. The van der Waals surface area contributed by atoms with Gasteiger partial charge in [0.1, 0.15) is 0 Å². The van der Waals surface area contributed by atoms with Crippen molar-refractivity contribution >= 4 is 35.9 Å². The van der Waals surface area contributed by atoms with Gasteiger partial charge in [-0.2, -0.15) is 4.99 Å². The van der Waals surface area contributed by atoms with Crippen molar-refractivity contribution in [2.24, 2.45) is 21.5 Å². The summed E-state index contributed by atoms with van der Waals surface area (Å²) >= 11 is 5.85. The number of nitrogens with two attached hydrogens (primary N) is 2. The molecule has 1 rings (SSSR count). The highest BCUT2D eigenvalue weighted by molar-refractivity contribution is 6.30. The van der Waals surface area contributed by atoms with Crippen LogP contribution in [0.4, 0.5) is 0 Å². The molecule has 0 unspecified atom stereocenters. The quantitative estimate of drug-likeness (QED) is 0.378. The predicted molar refractivity (Wildman–Crippen MR) is 112 cm³/mol. The summed E-state index contributed by atoms with van der Waals surface area (Å²) in [7, 11) is 1.93. The van der Waals surface area contributed by atoms with Crippen LogP contribution in [-0.4, -0.2) is 30.4 Å². The summed E-state index contributed by atoms with van der Waals surface area (Å²) in [6.07, 6.45) is 7.52. The van der Waals surface area contributed by atoms with E-state index in [2.05, 4.69) is 16.9 Å². The Morgan fingerprint density at radius 2 is 1.64 bits per heavy atom. The molecule has 1 aromatic rings. The average molecular weight is 388 g/mol. The summed E-state index contributed by atoms with van der Waals surface area (Å²) in [5, 5.41) is 0.703. The van der Waals surface area contributed by atoms with Crippen LogP contribution in [0.15, 0.2) is 34.3 Å². The van der Waals surface area contributed by atoms with Crippen LogP contribution in [0.25, 0.3) is 0 Å². The number of rotatable bonds is 9. The molecule has 0 aliphatic heterocycles. The zero-order valence-electron chi connectivity index (χ0n) is 15.2. The fourth-order valence-corrected chi connectivity index (χ4v) is 2.37. The number of guanidine groups is 2. The third kappa shape index (κ3) is 10.9. The molecular formula is C18H31Cl2N5. The number of benzene rings is 1. The molecule has 5 nitrogen and oxygen atoms in total. The minimum Gasteiger partial charge on any atom is -0.369 e. The van der Waals surface area contributed by atoms with E-state index in [0.29, 0.717) is 17.5 Å². The van der Waals surface area contributed by atoms with Gasteiger partial charge >= 0.3 is 0 Å². The molecule has 25 heavy (non-hydrogen) atoms. The van der Waals surface area contributed by atoms with Gasteiger partial charge in [-0.15, -0.1) is 12.4 Å². The molecule has 0 aliphatic carbocycles. The van der Waals surface area contributed by atoms with Crippen LogP contribution in [0.1, 0.15) is 51.0 Å². The monoisotopic (exact) mass is 387 g/mol. The Hall–Kier alpha value is -1.46. The number of aliphatic imine (C=N–C) groups is 2. The first kappa shape index (κ1) is 23.5. The first-order valence-corrected chi connectivity index (χ1v) is 9.00. The summed E-state index contributed by atoms with van der Waals surface area (Å²) in [6, 6.07) is 7.48.